The highest BCUT2D eigenvalue weighted by atomic mass is 16.2. The molecule has 2 rings (SSSR count). The highest BCUT2D eigenvalue weighted by Crippen LogP contribution is 2.30. The Balaban J connectivity index is 1.81. The lowest BCUT2D eigenvalue weighted by Gasteiger charge is -2.38. The van der Waals surface area contributed by atoms with Crippen LogP contribution in [0.15, 0.2) is 0 Å². The number of primary amides is 1. The van der Waals surface area contributed by atoms with Gasteiger partial charge < -0.3 is 16.0 Å². The van der Waals surface area contributed by atoms with Gasteiger partial charge >= 0.3 is 6.03 Å². The Labute approximate surface area is 134 Å². The zero-order chi connectivity index (χ0) is 16.1. The molecule has 0 aromatic heterocycles. The lowest BCUT2D eigenvalue weighted by atomic mass is 9.78. The van der Waals surface area contributed by atoms with E-state index in [4.69, 9.17) is 5.73 Å². The molecule has 0 radical (unpaired) electrons. The number of piperidine rings is 1. The maximum Gasteiger partial charge on any atom is 0.317 e. The molecule has 1 heterocycles. The van der Waals surface area contributed by atoms with Crippen LogP contribution in [0, 0.1) is 17.8 Å². The van der Waals surface area contributed by atoms with Gasteiger partial charge in [-0.15, -0.1) is 0 Å². The van der Waals surface area contributed by atoms with Crippen molar-refractivity contribution in [3.8, 4) is 0 Å². The number of carbonyl (C=O) groups excluding carboxylic acids is 2. The van der Waals surface area contributed by atoms with Crippen molar-refractivity contribution < 1.29 is 9.59 Å². The molecule has 126 valence electrons. The predicted molar refractivity (Wildman–Crippen MR) is 87.2 cm³/mol. The van der Waals surface area contributed by atoms with Gasteiger partial charge in [0.25, 0.3) is 0 Å². The number of nitrogens with two attached hydrogens (primary N) is 1. The van der Waals surface area contributed by atoms with Crippen molar-refractivity contribution in [2.75, 3.05) is 13.1 Å². The van der Waals surface area contributed by atoms with E-state index < -0.39 is 0 Å². The van der Waals surface area contributed by atoms with Crippen molar-refractivity contribution in [2.45, 2.75) is 64.8 Å². The Morgan fingerprint density at radius 1 is 1.14 bits per heavy atom. The lowest BCUT2D eigenvalue weighted by molar-refractivity contribution is -0.119. The predicted octanol–water partition coefficient (Wildman–Crippen LogP) is 2.50. The summed E-state index contributed by atoms with van der Waals surface area (Å²) in [4.78, 5) is 25.4. The third-order valence-electron chi connectivity index (χ3n) is 5.38. The van der Waals surface area contributed by atoms with Crippen LogP contribution in [-0.4, -0.2) is 36.0 Å². The Kier molecular flexibility index (Phi) is 6.09. The minimum absolute atomic E-state index is 0.0788. The minimum Gasteiger partial charge on any atom is -0.370 e. The molecular formula is C17H31N3O2. The van der Waals surface area contributed by atoms with Crippen molar-refractivity contribution in [3.05, 3.63) is 0 Å². The van der Waals surface area contributed by atoms with Crippen LogP contribution >= 0.6 is 0 Å². The normalized spacial score (nSPS) is 27.0. The van der Waals surface area contributed by atoms with E-state index in [0.717, 1.165) is 32.4 Å². The summed E-state index contributed by atoms with van der Waals surface area (Å²) < 4.78 is 0. The highest BCUT2D eigenvalue weighted by Gasteiger charge is 2.31. The zero-order valence-corrected chi connectivity index (χ0v) is 14.0. The molecule has 2 aliphatic rings. The van der Waals surface area contributed by atoms with E-state index in [-0.39, 0.29) is 11.9 Å². The second kappa shape index (κ2) is 7.84. The molecule has 1 aliphatic heterocycles. The van der Waals surface area contributed by atoms with Gasteiger partial charge in [-0.05, 0) is 43.4 Å². The van der Waals surface area contributed by atoms with E-state index in [2.05, 4.69) is 19.2 Å². The molecule has 0 aromatic carbocycles. The van der Waals surface area contributed by atoms with E-state index in [0.29, 0.717) is 30.2 Å². The maximum atomic E-state index is 12.5. The molecule has 1 aliphatic carbocycles. The number of carbonyl (C=O) groups is 2. The van der Waals surface area contributed by atoms with Crippen molar-refractivity contribution in [1.82, 2.24) is 10.2 Å². The first kappa shape index (κ1) is 17.1. The van der Waals surface area contributed by atoms with E-state index in [9.17, 15) is 9.59 Å². The second-order valence-corrected chi connectivity index (χ2v) is 7.35. The smallest absolute Gasteiger partial charge is 0.317 e. The molecule has 5 heteroatoms. The number of amides is 3. The summed E-state index contributed by atoms with van der Waals surface area (Å²) in [5, 5.41) is 3.27. The molecule has 3 N–H and O–H groups in total. The van der Waals surface area contributed by atoms with E-state index in [1.807, 2.05) is 4.90 Å². The van der Waals surface area contributed by atoms with E-state index >= 15 is 0 Å². The van der Waals surface area contributed by atoms with Crippen molar-refractivity contribution in [3.63, 3.8) is 0 Å². The number of hydrogen-bond donors (Lipinski definition) is 2. The molecule has 0 aromatic rings. The van der Waals surface area contributed by atoms with Gasteiger partial charge in [-0.2, -0.15) is 0 Å². The highest BCUT2D eigenvalue weighted by molar-refractivity contribution is 5.75. The number of hydrogen-bond acceptors (Lipinski definition) is 2. The summed E-state index contributed by atoms with van der Waals surface area (Å²) in [7, 11) is 0. The monoisotopic (exact) mass is 309 g/mol. The maximum absolute atomic E-state index is 12.5. The topological polar surface area (TPSA) is 75.4 Å². The average molecular weight is 309 g/mol. The van der Waals surface area contributed by atoms with Crippen LogP contribution in [-0.2, 0) is 4.79 Å². The van der Waals surface area contributed by atoms with Crippen LogP contribution in [0.4, 0.5) is 4.79 Å². The fourth-order valence-corrected chi connectivity index (χ4v) is 4.01. The minimum atomic E-state index is -0.232. The van der Waals surface area contributed by atoms with Crippen LogP contribution in [0.5, 0.6) is 0 Å². The third kappa shape index (κ3) is 4.62. The first-order valence-electron chi connectivity index (χ1n) is 8.81. The third-order valence-corrected chi connectivity index (χ3v) is 5.38. The molecule has 0 bridgehead atoms. The molecule has 2 atom stereocenters. The van der Waals surface area contributed by atoms with Gasteiger partial charge in [0.15, 0.2) is 0 Å². The zero-order valence-electron chi connectivity index (χ0n) is 14.0. The van der Waals surface area contributed by atoms with Crippen molar-refractivity contribution in [1.29, 1.82) is 0 Å². The number of rotatable bonds is 4. The SMILES string of the molecule is CC(C)C1CCCCC1NC(=O)N1CCC(CC(N)=O)CC1. The quantitative estimate of drug-likeness (QED) is 0.837. The summed E-state index contributed by atoms with van der Waals surface area (Å²) in [6, 6.07) is 0.402. The molecule has 22 heavy (non-hydrogen) atoms. The van der Waals surface area contributed by atoms with Gasteiger partial charge in [0.05, 0.1) is 0 Å². The van der Waals surface area contributed by atoms with Crippen LogP contribution in [0.2, 0.25) is 0 Å². The van der Waals surface area contributed by atoms with Crippen LogP contribution < -0.4 is 11.1 Å². The van der Waals surface area contributed by atoms with Gasteiger partial charge in [0, 0.05) is 25.6 Å². The number of likely N-dealkylation sites (tertiary alicyclic amines) is 1. The number of nitrogens with one attached hydrogen (secondary N) is 1. The Bertz CT molecular complexity index is 389. The molecule has 5 nitrogen and oxygen atoms in total. The van der Waals surface area contributed by atoms with Crippen LogP contribution in [0.25, 0.3) is 0 Å². The van der Waals surface area contributed by atoms with Gasteiger partial charge in [-0.1, -0.05) is 26.7 Å². The summed E-state index contributed by atoms with van der Waals surface area (Å²) in [5.41, 5.74) is 5.25. The largest absolute Gasteiger partial charge is 0.370 e. The summed E-state index contributed by atoms with van der Waals surface area (Å²) in [6.07, 6.45) is 7.05. The Morgan fingerprint density at radius 2 is 1.77 bits per heavy atom. The molecule has 3 amide bonds. The van der Waals surface area contributed by atoms with Crippen LogP contribution in [0.1, 0.15) is 58.8 Å². The first-order chi connectivity index (χ1) is 10.5. The number of urea groups is 1. The molecule has 2 fully saturated rings. The summed E-state index contributed by atoms with van der Waals surface area (Å²) >= 11 is 0. The second-order valence-electron chi connectivity index (χ2n) is 7.35. The van der Waals surface area contributed by atoms with E-state index in [1.54, 1.807) is 0 Å². The van der Waals surface area contributed by atoms with Gasteiger partial charge in [-0.3, -0.25) is 4.79 Å². The Morgan fingerprint density at radius 3 is 2.36 bits per heavy atom. The molecule has 1 saturated carbocycles. The molecule has 0 spiro atoms. The van der Waals surface area contributed by atoms with Gasteiger partial charge in [-0.25, -0.2) is 4.79 Å². The van der Waals surface area contributed by atoms with Crippen molar-refractivity contribution >= 4 is 11.9 Å². The lowest BCUT2D eigenvalue weighted by Crippen LogP contribution is -2.51. The standard InChI is InChI=1S/C17H31N3O2/c1-12(2)14-5-3-4-6-15(14)19-17(22)20-9-7-13(8-10-20)11-16(18)21/h12-15H,3-11H2,1-2H3,(H2,18,21)(H,19,22). The first-order valence-corrected chi connectivity index (χ1v) is 8.81. The summed E-state index contributed by atoms with van der Waals surface area (Å²) in [6.45, 7) is 5.99. The summed E-state index contributed by atoms with van der Waals surface area (Å²) in [5.74, 6) is 1.33. The van der Waals surface area contributed by atoms with Crippen LogP contribution in [0.3, 0.4) is 0 Å². The number of nitrogens with zero attached hydrogens (tertiary/aromatic N) is 1. The molecule has 2 unspecified atom stereocenters. The Hall–Kier alpha value is -1.26. The average Bonchev–Trinajstić information content (AvgIpc) is 2.47. The fraction of sp³-hybridized carbons (Fsp3) is 0.882. The molecular weight excluding hydrogens is 278 g/mol. The van der Waals surface area contributed by atoms with Gasteiger partial charge in [0.1, 0.15) is 0 Å². The molecule has 1 saturated heterocycles. The van der Waals surface area contributed by atoms with Gasteiger partial charge in [0.2, 0.25) is 5.91 Å². The van der Waals surface area contributed by atoms with E-state index in [1.165, 1.54) is 19.3 Å². The fourth-order valence-electron chi connectivity index (χ4n) is 4.01. The van der Waals surface area contributed by atoms with Crippen molar-refractivity contribution in [2.24, 2.45) is 23.5 Å².